The molecule has 0 bridgehead atoms. The summed E-state index contributed by atoms with van der Waals surface area (Å²) in [6.45, 7) is 10.5. The Morgan fingerprint density at radius 1 is 0.889 bits per heavy atom. The van der Waals surface area contributed by atoms with E-state index in [1.54, 1.807) is 0 Å². The van der Waals surface area contributed by atoms with Crippen LogP contribution in [0.4, 0.5) is 26.3 Å². The smallest absolute Gasteiger partial charge is 0.543 e. The zero-order chi connectivity index (χ0) is 27.3. The Kier molecular flexibility index (Phi) is 9.11. The molecule has 2 aromatic rings. The van der Waals surface area contributed by atoms with Crippen LogP contribution in [0.2, 0.25) is 18.1 Å². The van der Waals surface area contributed by atoms with E-state index in [9.17, 15) is 31.1 Å². The third-order valence-corrected chi connectivity index (χ3v) is 10.0. The van der Waals surface area contributed by atoms with Gasteiger partial charge in [0.1, 0.15) is 23.0 Å². The number of alkyl halides is 6. The lowest BCUT2D eigenvalue weighted by Crippen LogP contribution is -2.39. The quantitative estimate of drug-likeness (QED) is 0.133. The Hall–Kier alpha value is -3.15. The summed E-state index contributed by atoms with van der Waals surface area (Å²) in [4.78, 5) is 11.5. The van der Waals surface area contributed by atoms with Crippen molar-refractivity contribution in [3.8, 4) is 34.1 Å². The molecule has 0 unspecified atom stereocenters. The highest BCUT2D eigenvalue weighted by Crippen LogP contribution is 2.46. The molecule has 0 atom stereocenters. The second-order valence-corrected chi connectivity index (χ2v) is 12.5. The Bertz CT molecular complexity index is 1090. The van der Waals surface area contributed by atoms with Crippen molar-refractivity contribution in [1.82, 2.24) is 0 Å². The summed E-state index contributed by atoms with van der Waals surface area (Å²) >= 11 is 0. The van der Waals surface area contributed by atoms with Crippen molar-refractivity contribution in [3.05, 3.63) is 42.5 Å². The van der Waals surface area contributed by atoms with Crippen molar-refractivity contribution in [1.29, 1.82) is 0 Å². The molecule has 2 aromatic carbocycles. The maximum Gasteiger partial charge on any atom is 0.573 e. The number of benzene rings is 2. The number of esters is 1. The van der Waals surface area contributed by atoms with E-state index in [1.807, 2.05) is 20.8 Å². The van der Waals surface area contributed by atoms with Crippen LogP contribution < -0.4 is 18.6 Å². The molecule has 0 fully saturated rings. The Balaban J connectivity index is 2.86. The third-order valence-electron chi connectivity index (χ3n) is 5.53. The van der Waals surface area contributed by atoms with Crippen molar-refractivity contribution in [2.24, 2.45) is 0 Å². The highest BCUT2D eigenvalue weighted by Gasteiger charge is 2.37. The van der Waals surface area contributed by atoms with Gasteiger partial charge in [-0.25, -0.2) is 0 Å². The van der Waals surface area contributed by atoms with E-state index in [2.05, 4.69) is 16.1 Å². The molecule has 198 valence electrons. The van der Waals surface area contributed by atoms with E-state index in [-0.39, 0.29) is 28.2 Å². The largest absolute Gasteiger partial charge is 0.573 e. The summed E-state index contributed by atoms with van der Waals surface area (Å²) in [5.74, 6) is -2.30. The molecule has 0 aliphatic carbocycles. The van der Waals surface area contributed by atoms with Gasteiger partial charge in [-0.2, -0.15) is 0 Å². The molecule has 0 saturated carbocycles. The lowest BCUT2D eigenvalue weighted by Gasteiger charge is -2.31. The van der Waals surface area contributed by atoms with Gasteiger partial charge in [0.15, 0.2) is 0 Å². The second-order valence-electron chi connectivity index (χ2n) is 7.78. The molecular formula is C24H26F6O5Si. The van der Waals surface area contributed by atoms with Crippen LogP contribution in [-0.4, -0.2) is 27.0 Å². The zero-order valence-corrected chi connectivity index (χ0v) is 21.1. The monoisotopic (exact) mass is 536 g/mol. The number of hydrogen-bond acceptors (Lipinski definition) is 5. The summed E-state index contributed by atoms with van der Waals surface area (Å²) in [6.07, 6.45) is -9.29. The van der Waals surface area contributed by atoms with Crippen molar-refractivity contribution < 1.29 is 49.8 Å². The number of carbonyl (C=O) groups excluding carboxylic acids is 1. The molecule has 0 N–H and O–H groups in total. The highest BCUT2D eigenvalue weighted by atomic mass is 28.4. The van der Waals surface area contributed by atoms with Crippen LogP contribution in [0.5, 0.6) is 23.0 Å². The maximum absolute atomic E-state index is 13.3. The highest BCUT2D eigenvalue weighted by molar-refractivity contribution is 6.74. The van der Waals surface area contributed by atoms with E-state index >= 15 is 0 Å². The first-order valence-electron chi connectivity index (χ1n) is 11.0. The average Bonchev–Trinajstić information content (AvgIpc) is 2.75. The van der Waals surface area contributed by atoms with Crippen LogP contribution in [0.3, 0.4) is 0 Å². The van der Waals surface area contributed by atoms with Gasteiger partial charge in [-0.1, -0.05) is 33.4 Å². The Labute approximate surface area is 205 Å². The molecule has 36 heavy (non-hydrogen) atoms. The van der Waals surface area contributed by atoms with E-state index in [0.29, 0.717) is 24.2 Å². The molecule has 5 nitrogen and oxygen atoms in total. The number of ether oxygens (including phenoxy) is 3. The van der Waals surface area contributed by atoms with Gasteiger partial charge in [0.2, 0.25) is 0 Å². The topological polar surface area (TPSA) is 54.0 Å². The van der Waals surface area contributed by atoms with Gasteiger partial charge in [0.25, 0.3) is 8.32 Å². The molecule has 0 aliphatic rings. The fourth-order valence-electron chi connectivity index (χ4n) is 3.68. The average molecular weight is 537 g/mol. The van der Waals surface area contributed by atoms with Crippen LogP contribution in [-0.2, 0) is 4.79 Å². The standard InChI is InChI=1S/C24H26F6O5Si/c1-6-16-12-18(33-23(25,26)27)14-21(34-24(28,29)30)22(16)19-11-10-17(32-15(5)31)13-20(19)35-36(7-2,8-3)9-4/h6,10-14H,1,7-9H2,2-5H3. The molecule has 0 radical (unpaired) electrons. The van der Waals surface area contributed by atoms with Crippen LogP contribution in [0.25, 0.3) is 17.2 Å². The van der Waals surface area contributed by atoms with Crippen molar-refractivity contribution >= 4 is 20.4 Å². The lowest BCUT2D eigenvalue weighted by atomic mass is 9.97. The van der Waals surface area contributed by atoms with Crippen LogP contribution >= 0.6 is 0 Å². The SMILES string of the molecule is C=Cc1cc(OC(F)(F)F)cc(OC(F)(F)F)c1-c1ccc(OC(C)=O)cc1O[Si](CC)(CC)CC. The molecule has 0 amide bonds. The zero-order valence-electron chi connectivity index (χ0n) is 20.1. The number of hydrogen-bond donors (Lipinski definition) is 0. The lowest BCUT2D eigenvalue weighted by molar-refractivity contribution is -0.276. The molecule has 0 heterocycles. The molecular weight excluding hydrogens is 510 g/mol. The van der Waals surface area contributed by atoms with Crippen molar-refractivity contribution in [2.45, 2.75) is 58.6 Å². The van der Waals surface area contributed by atoms with Gasteiger partial charge >= 0.3 is 18.7 Å². The summed E-state index contributed by atoms with van der Waals surface area (Å²) in [6, 6.07) is 7.47. The fourth-order valence-corrected chi connectivity index (χ4v) is 6.25. The molecule has 2 rings (SSSR count). The normalized spacial score (nSPS) is 12.2. The minimum atomic E-state index is -5.22. The summed E-state index contributed by atoms with van der Waals surface area (Å²) in [5.41, 5.74) is -0.254. The van der Waals surface area contributed by atoms with Gasteiger partial charge < -0.3 is 18.6 Å². The molecule has 0 spiro atoms. The molecule has 0 saturated heterocycles. The predicted octanol–water partition coefficient (Wildman–Crippen LogP) is 8.10. The minimum Gasteiger partial charge on any atom is -0.543 e. The number of halogens is 6. The minimum absolute atomic E-state index is 0.0860. The first-order chi connectivity index (χ1) is 16.7. The maximum atomic E-state index is 13.3. The van der Waals surface area contributed by atoms with Gasteiger partial charge in [-0.05, 0) is 41.9 Å². The van der Waals surface area contributed by atoms with Gasteiger partial charge in [-0.3, -0.25) is 4.79 Å². The van der Waals surface area contributed by atoms with Crippen LogP contribution in [0.15, 0.2) is 36.9 Å². The molecule has 0 aliphatic heterocycles. The third kappa shape index (κ3) is 7.67. The van der Waals surface area contributed by atoms with Gasteiger partial charge in [0.05, 0.1) is 0 Å². The van der Waals surface area contributed by atoms with E-state index in [1.165, 1.54) is 25.1 Å². The Morgan fingerprint density at radius 3 is 1.92 bits per heavy atom. The second kappa shape index (κ2) is 11.3. The Morgan fingerprint density at radius 2 is 1.44 bits per heavy atom. The fraction of sp³-hybridized carbons (Fsp3) is 0.375. The van der Waals surface area contributed by atoms with Gasteiger partial charge in [-0.15, -0.1) is 26.3 Å². The molecule has 12 heteroatoms. The first-order valence-corrected chi connectivity index (χ1v) is 13.5. The van der Waals surface area contributed by atoms with E-state index < -0.39 is 38.5 Å². The summed E-state index contributed by atoms with van der Waals surface area (Å²) in [5, 5.41) is 0. The predicted molar refractivity (Wildman–Crippen MR) is 124 cm³/mol. The summed E-state index contributed by atoms with van der Waals surface area (Å²) in [7, 11) is -2.42. The number of carbonyl (C=O) groups is 1. The van der Waals surface area contributed by atoms with Crippen LogP contribution in [0.1, 0.15) is 33.3 Å². The number of rotatable bonds is 10. The molecule has 0 aromatic heterocycles. The van der Waals surface area contributed by atoms with Crippen molar-refractivity contribution in [2.75, 3.05) is 0 Å². The van der Waals surface area contributed by atoms with E-state index in [4.69, 9.17) is 9.16 Å². The van der Waals surface area contributed by atoms with Gasteiger partial charge in [0, 0.05) is 30.2 Å². The first kappa shape index (κ1) is 29.1. The van der Waals surface area contributed by atoms with Crippen LogP contribution in [0, 0.1) is 0 Å². The van der Waals surface area contributed by atoms with Crippen molar-refractivity contribution in [3.63, 3.8) is 0 Å². The van der Waals surface area contributed by atoms with E-state index in [0.717, 1.165) is 12.1 Å². The summed E-state index contributed by atoms with van der Waals surface area (Å²) < 4.78 is 97.8.